The van der Waals surface area contributed by atoms with E-state index in [2.05, 4.69) is 10.6 Å². The Morgan fingerprint density at radius 1 is 1.19 bits per heavy atom. The highest BCUT2D eigenvalue weighted by Gasteiger charge is 2.29. The third-order valence-corrected chi connectivity index (χ3v) is 4.32. The predicted molar refractivity (Wildman–Crippen MR) is 97.1 cm³/mol. The van der Waals surface area contributed by atoms with Gasteiger partial charge in [-0.05, 0) is 42.7 Å². The Kier molecular flexibility index (Phi) is 5.18. The van der Waals surface area contributed by atoms with Crippen LogP contribution in [0.2, 0.25) is 5.02 Å². The monoisotopic (exact) mass is 373 g/mol. The lowest BCUT2D eigenvalue weighted by atomic mass is 10.1. The maximum atomic E-state index is 12.2. The molecular weight excluding hydrogens is 358 g/mol. The lowest BCUT2D eigenvalue weighted by Gasteiger charge is -2.09. The number of nitro groups is 1. The number of amides is 2. The number of halogens is 1. The van der Waals surface area contributed by atoms with E-state index in [9.17, 15) is 19.7 Å². The van der Waals surface area contributed by atoms with Gasteiger partial charge in [0.05, 0.1) is 4.92 Å². The molecule has 134 valence electrons. The molecule has 0 aromatic heterocycles. The van der Waals surface area contributed by atoms with Crippen molar-refractivity contribution in [1.29, 1.82) is 0 Å². The first-order chi connectivity index (χ1) is 12.4. The summed E-state index contributed by atoms with van der Waals surface area (Å²) < 4.78 is 0. The number of nitrogens with zero attached hydrogens (tertiary/aromatic N) is 1. The maximum Gasteiger partial charge on any atom is 0.288 e. The lowest BCUT2D eigenvalue weighted by Crippen LogP contribution is -2.23. The van der Waals surface area contributed by atoms with Crippen molar-refractivity contribution in [2.45, 2.75) is 19.4 Å². The Hall–Kier alpha value is -2.93. The molecular formula is C18H16ClN3O4. The molecule has 2 amide bonds. The van der Waals surface area contributed by atoms with E-state index in [1.807, 2.05) is 6.07 Å². The summed E-state index contributed by atoms with van der Waals surface area (Å²) in [5, 5.41) is 16.4. The Labute approximate surface area is 154 Å². The molecule has 8 heteroatoms. The summed E-state index contributed by atoms with van der Waals surface area (Å²) in [5.74, 6) is -0.323. The molecule has 0 unspecified atom stereocenters. The fourth-order valence-corrected chi connectivity index (χ4v) is 2.61. The molecule has 1 aliphatic carbocycles. The molecule has 1 fully saturated rings. The van der Waals surface area contributed by atoms with Crippen LogP contribution in [0.3, 0.4) is 0 Å². The van der Waals surface area contributed by atoms with Gasteiger partial charge in [0.2, 0.25) is 5.91 Å². The Morgan fingerprint density at radius 2 is 1.96 bits per heavy atom. The van der Waals surface area contributed by atoms with Crippen LogP contribution in [0.25, 0.3) is 0 Å². The minimum Gasteiger partial charge on any atom is -0.348 e. The van der Waals surface area contributed by atoms with Gasteiger partial charge in [-0.25, -0.2) is 0 Å². The van der Waals surface area contributed by atoms with Crippen LogP contribution in [0.5, 0.6) is 0 Å². The third kappa shape index (κ3) is 4.37. The largest absolute Gasteiger partial charge is 0.348 e. The van der Waals surface area contributed by atoms with Crippen molar-refractivity contribution in [1.82, 2.24) is 5.32 Å². The van der Waals surface area contributed by atoms with Gasteiger partial charge in [0.15, 0.2) is 0 Å². The van der Waals surface area contributed by atoms with Crippen LogP contribution >= 0.6 is 11.6 Å². The van der Waals surface area contributed by atoms with Crippen LogP contribution in [-0.2, 0) is 11.3 Å². The average molecular weight is 374 g/mol. The zero-order valence-electron chi connectivity index (χ0n) is 13.7. The highest BCUT2D eigenvalue weighted by molar-refractivity contribution is 6.32. The van der Waals surface area contributed by atoms with E-state index >= 15 is 0 Å². The molecule has 2 aromatic carbocycles. The van der Waals surface area contributed by atoms with Crippen molar-refractivity contribution in [2.24, 2.45) is 5.92 Å². The van der Waals surface area contributed by atoms with E-state index < -0.39 is 10.8 Å². The van der Waals surface area contributed by atoms with Gasteiger partial charge in [0, 0.05) is 29.8 Å². The number of nitrogens with one attached hydrogen (secondary N) is 2. The maximum absolute atomic E-state index is 12.2. The van der Waals surface area contributed by atoms with Gasteiger partial charge >= 0.3 is 0 Å². The number of carbonyl (C=O) groups excluding carboxylic acids is 2. The molecule has 0 spiro atoms. The fraction of sp³-hybridized carbons (Fsp3) is 0.222. The average Bonchev–Trinajstić information content (AvgIpc) is 3.45. The highest BCUT2D eigenvalue weighted by atomic mass is 35.5. The molecule has 7 nitrogen and oxygen atoms in total. The van der Waals surface area contributed by atoms with Crippen molar-refractivity contribution in [3.63, 3.8) is 0 Å². The van der Waals surface area contributed by atoms with Gasteiger partial charge in [-0.3, -0.25) is 19.7 Å². The molecule has 2 aromatic rings. The highest BCUT2D eigenvalue weighted by Crippen LogP contribution is 2.30. The molecule has 3 rings (SSSR count). The lowest BCUT2D eigenvalue weighted by molar-refractivity contribution is -0.384. The first-order valence-electron chi connectivity index (χ1n) is 8.06. The second-order valence-electron chi connectivity index (χ2n) is 6.07. The van der Waals surface area contributed by atoms with Gasteiger partial charge in [-0.15, -0.1) is 0 Å². The number of rotatable bonds is 6. The molecule has 0 saturated heterocycles. The third-order valence-electron chi connectivity index (χ3n) is 4.00. The van der Waals surface area contributed by atoms with Crippen molar-refractivity contribution in [3.8, 4) is 0 Å². The fourth-order valence-electron chi connectivity index (χ4n) is 2.43. The van der Waals surface area contributed by atoms with E-state index in [4.69, 9.17) is 11.6 Å². The Balaban J connectivity index is 1.63. The number of anilines is 1. The SMILES string of the molecule is O=C(NCc1cccc(NC(=O)C2CC2)c1)c1ccc(Cl)c([N+](=O)[O-])c1. The van der Waals surface area contributed by atoms with Crippen molar-refractivity contribution in [2.75, 3.05) is 5.32 Å². The van der Waals surface area contributed by atoms with E-state index in [0.29, 0.717) is 5.69 Å². The molecule has 0 radical (unpaired) electrons. The number of hydrogen-bond acceptors (Lipinski definition) is 4. The first kappa shape index (κ1) is 17.9. The zero-order chi connectivity index (χ0) is 18.7. The molecule has 0 aliphatic heterocycles. The van der Waals surface area contributed by atoms with Crippen molar-refractivity contribution in [3.05, 3.63) is 68.7 Å². The zero-order valence-corrected chi connectivity index (χ0v) is 14.5. The summed E-state index contributed by atoms with van der Waals surface area (Å²) in [7, 11) is 0. The molecule has 1 saturated carbocycles. The standard InChI is InChI=1S/C18H16ClN3O4/c19-15-7-6-13(9-16(15)22(25)26)17(23)20-10-11-2-1-3-14(8-11)21-18(24)12-4-5-12/h1-3,6-9,12H,4-5,10H2,(H,20,23)(H,21,24). The first-order valence-corrected chi connectivity index (χ1v) is 8.44. The summed E-state index contributed by atoms with van der Waals surface area (Å²) in [4.78, 5) is 34.3. The van der Waals surface area contributed by atoms with Crippen LogP contribution in [0, 0.1) is 16.0 Å². The summed E-state index contributed by atoms with van der Waals surface area (Å²) in [6.07, 6.45) is 1.85. The van der Waals surface area contributed by atoms with Crippen molar-refractivity contribution >= 4 is 34.8 Å². The van der Waals surface area contributed by atoms with Gasteiger partial charge < -0.3 is 10.6 Å². The summed E-state index contributed by atoms with van der Waals surface area (Å²) >= 11 is 5.75. The van der Waals surface area contributed by atoms with Gasteiger partial charge in [0.1, 0.15) is 5.02 Å². The quantitative estimate of drug-likeness (QED) is 0.597. The smallest absolute Gasteiger partial charge is 0.288 e. The van der Waals surface area contributed by atoms with Crippen LogP contribution in [0.4, 0.5) is 11.4 Å². The summed E-state index contributed by atoms with van der Waals surface area (Å²) in [6, 6.07) is 11.1. The number of nitro benzene ring substituents is 1. The van der Waals surface area contributed by atoms with Crippen molar-refractivity contribution < 1.29 is 14.5 Å². The molecule has 0 atom stereocenters. The topological polar surface area (TPSA) is 101 Å². The normalized spacial score (nSPS) is 13.1. The number of hydrogen-bond donors (Lipinski definition) is 2. The summed E-state index contributed by atoms with van der Waals surface area (Å²) in [5.41, 5.74) is 1.31. The second kappa shape index (κ2) is 7.53. The minimum atomic E-state index is -0.634. The molecule has 2 N–H and O–H groups in total. The van der Waals surface area contributed by atoms with Crippen LogP contribution < -0.4 is 10.6 Å². The van der Waals surface area contributed by atoms with E-state index in [0.717, 1.165) is 24.5 Å². The Bertz CT molecular complexity index is 880. The number of carbonyl (C=O) groups is 2. The summed E-state index contributed by atoms with van der Waals surface area (Å²) in [6.45, 7) is 0.225. The van der Waals surface area contributed by atoms with Crippen LogP contribution in [-0.4, -0.2) is 16.7 Å². The van der Waals surface area contributed by atoms with E-state index in [-0.39, 0.29) is 34.6 Å². The predicted octanol–water partition coefficient (Wildman–Crippen LogP) is 3.53. The molecule has 26 heavy (non-hydrogen) atoms. The second-order valence-corrected chi connectivity index (χ2v) is 6.48. The Morgan fingerprint density at radius 3 is 2.65 bits per heavy atom. The molecule has 1 aliphatic rings. The van der Waals surface area contributed by atoms with Gasteiger partial charge in [0.25, 0.3) is 11.6 Å². The number of benzene rings is 2. The van der Waals surface area contributed by atoms with Crippen LogP contribution in [0.15, 0.2) is 42.5 Å². The minimum absolute atomic E-state index is 0.0136. The van der Waals surface area contributed by atoms with Gasteiger partial charge in [-0.1, -0.05) is 23.7 Å². The van der Waals surface area contributed by atoms with Gasteiger partial charge in [-0.2, -0.15) is 0 Å². The van der Waals surface area contributed by atoms with E-state index in [1.165, 1.54) is 12.1 Å². The molecule has 0 heterocycles. The molecule has 0 bridgehead atoms. The van der Waals surface area contributed by atoms with E-state index in [1.54, 1.807) is 18.2 Å². The van der Waals surface area contributed by atoms with Crippen LogP contribution in [0.1, 0.15) is 28.8 Å².